The van der Waals surface area contributed by atoms with Crippen LogP contribution in [-0.2, 0) is 0 Å². The third-order valence-electron chi connectivity index (χ3n) is 1.33. The normalized spacial score (nSPS) is 9.50. The molecule has 0 aliphatic heterocycles. The Labute approximate surface area is 77.9 Å². The quantitative estimate of drug-likeness (QED) is 0.777. The lowest BCUT2D eigenvalue weighted by molar-refractivity contribution is 0.0937. The Morgan fingerprint density at radius 1 is 1.42 bits per heavy atom. The summed E-state index contributed by atoms with van der Waals surface area (Å²) >= 11 is 3.23. The molecular weight excluding hydrogens is 225 g/mol. The number of benzene rings is 1. The SMILES string of the molecule is O=C(NCF)c1ccc(Br)cc1. The maximum atomic E-state index is 11.7. The molecule has 0 aliphatic rings. The zero-order valence-electron chi connectivity index (χ0n) is 6.18. The van der Waals surface area contributed by atoms with Crippen molar-refractivity contribution in [2.45, 2.75) is 0 Å². The van der Waals surface area contributed by atoms with Crippen molar-refractivity contribution < 1.29 is 9.18 Å². The van der Waals surface area contributed by atoms with E-state index >= 15 is 0 Å². The molecular formula is C8H7BrFNO. The van der Waals surface area contributed by atoms with Crippen molar-refractivity contribution in [1.82, 2.24) is 5.32 Å². The second-order valence-electron chi connectivity index (χ2n) is 2.15. The molecule has 0 radical (unpaired) electrons. The zero-order valence-corrected chi connectivity index (χ0v) is 7.77. The lowest BCUT2D eigenvalue weighted by atomic mass is 10.2. The van der Waals surface area contributed by atoms with Gasteiger partial charge in [0.05, 0.1) is 0 Å². The van der Waals surface area contributed by atoms with Crippen LogP contribution in [0.25, 0.3) is 0 Å². The van der Waals surface area contributed by atoms with Gasteiger partial charge in [0, 0.05) is 10.0 Å². The first kappa shape index (κ1) is 9.19. The van der Waals surface area contributed by atoms with Gasteiger partial charge in [0.2, 0.25) is 0 Å². The highest BCUT2D eigenvalue weighted by Crippen LogP contribution is 2.10. The van der Waals surface area contributed by atoms with Gasteiger partial charge in [-0.1, -0.05) is 15.9 Å². The minimum Gasteiger partial charge on any atom is -0.325 e. The van der Waals surface area contributed by atoms with Gasteiger partial charge in [-0.05, 0) is 24.3 Å². The van der Waals surface area contributed by atoms with Gasteiger partial charge in [0.25, 0.3) is 5.91 Å². The maximum absolute atomic E-state index is 11.7. The predicted octanol–water partition coefficient (Wildman–Crippen LogP) is 2.11. The van der Waals surface area contributed by atoms with E-state index in [0.717, 1.165) is 4.47 Å². The summed E-state index contributed by atoms with van der Waals surface area (Å²) in [5.74, 6) is -0.398. The molecule has 1 amide bonds. The van der Waals surface area contributed by atoms with E-state index in [1.807, 2.05) is 0 Å². The Bertz CT molecular complexity index is 273. The van der Waals surface area contributed by atoms with Gasteiger partial charge in [0.15, 0.2) is 6.80 Å². The second kappa shape index (κ2) is 4.21. The van der Waals surface area contributed by atoms with Crippen LogP contribution in [0, 0.1) is 0 Å². The van der Waals surface area contributed by atoms with Crippen LogP contribution in [0.1, 0.15) is 10.4 Å². The summed E-state index contributed by atoms with van der Waals surface area (Å²) in [6.07, 6.45) is 0. The van der Waals surface area contributed by atoms with Crippen LogP contribution in [-0.4, -0.2) is 12.7 Å². The average Bonchev–Trinajstić information content (AvgIpc) is 2.06. The van der Waals surface area contributed by atoms with Crippen LogP contribution < -0.4 is 5.32 Å². The van der Waals surface area contributed by atoms with E-state index < -0.39 is 12.7 Å². The average molecular weight is 232 g/mol. The van der Waals surface area contributed by atoms with Crippen LogP contribution >= 0.6 is 15.9 Å². The monoisotopic (exact) mass is 231 g/mol. The molecule has 0 bridgehead atoms. The molecule has 64 valence electrons. The van der Waals surface area contributed by atoms with Crippen molar-refractivity contribution in [2.75, 3.05) is 6.80 Å². The van der Waals surface area contributed by atoms with Crippen molar-refractivity contribution >= 4 is 21.8 Å². The molecule has 0 saturated heterocycles. The van der Waals surface area contributed by atoms with Gasteiger partial charge in [-0.15, -0.1) is 0 Å². The topological polar surface area (TPSA) is 29.1 Å². The second-order valence-corrected chi connectivity index (χ2v) is 3.06. The number of carbonyl (C=O) groups excluding carboxylic acids is 1. The summed E-state index contributed by atoms with van der Waals surface area (Å²) in [4.78, 5) is 11.0. The van der Waals surface area contributed by atoms with Crippen molar-refractivity contribution in [3.8, 4) is 0 Å². The van der Waals surface area contributed by atoms with Gasteiger partial charge in [-0.2, -0.15) is 0 Å². The van der Waals surface area contributed by atoms with Crippen LogP contribution in [0.15, 0.2) is 28.7 Å². The third kappa shape index (κ3) is 2.30. The van der Waals surface area contributed by atoms with Crippen LogP contribution in [0.5, 0.6) is 0 Å². The van der Waals surface area contributed by atoms with Crippen molar-refractivity contribution in [3.05, 3.63) is 34.3 Å². The first-order valence-electron chi connectivity index (χ1n) is 3.34. The number of carbonyl (C=O) groups is 1. The molecule has 4 heteroatoms. The van der Waals surface area contributed by atoms with Crippen LogP contribution in [0.4, 0.5) is 4.39 Å². The molecule has 1 N–H and O–H groups in total. The summed E-state index contributed by atoms with van der Waals surface area (Å²) in [6.45, 7) is -0.838. The minimum absolute atomic E-state index is 0.398. The first-order valence-corrected chi connectivity index (χ1v) is 4.13. The summed E-state index contributed by atoms with van der Waals surface area (Å²) in [5.41, 5.74) is 0.454. The van der Waals surface area contributed by atoms with E-state index in [9.17, 15) is 9.18 Å². The van der Waals surface area contributed by atoms with E-state index in [1.165, 1.54) is 0 Å². The Morgan fingerprint density at radius 2 is 2.00 bits per heavy atom. The van der Waals surface area contributed by atoms with Gasteiger partial charge in [0.1, 0.15) is 0 Å². The molecule has 2 nitrogen and oxygen atoms in total. The summed E-state index contributed by atoms with van der Waals surface area (Å²) in [7, 11) is 0. The molecule has 0 aromatic heterocycles. The maximum Gasteiger partial charge on any atom is 0.253 e. The molecule has 1 rings (SSSR count). The fourth-order valence-corrected chi connectivity index (χ4v) is 1.03. The first-order chi connectivity index (χ1) is 5.74. The summed E-state index contributed by atoms with van der Waals surface area (Å²) in [6, 6.07) is 6.70. The zero-order chi connectivity index (χ0) is 8.97. The van der Waals surface area contributed by atoms with Crippen LogP contribution in [0.3, 0.4) is 0 Å². The summed E-state index contributed by atoms with van der Waals surface area (Å²) in [5, 5.41) is 2.06. The predicted molar refractivity (Wildman–Crippen MR) is 47.6 cm³/mol. The number of rotatable bonds is 2. The molecule has 0 heterocycles. The molecule has 0 spiro atoms. The number of hydrogen-bond donors (Lipinski definition) is 1. The Hall–Kier alpha value is -0.900. The van der Waals surface area contributed by atoms with Crippen molar-refractivity contribution in [3.63, 3.8) is 0 Å². The lowest BCUT2D eigenvalue weighted by Crippen LogP contribution is -2.21. The highest BCUT2D eigenvalue weighted by Gasteiger charge is 2.02. The molecule has 1 aromatic rings. The van der Waals surface area contributed by atoms with E-state index in [1.54, 1.807) is 24.3 Å². The lowest BCUT2D eigenvalue weighted by Gasteiger charge is -1.99. The molecule has 0 saturated carbocycles. The molecule has 0 fully saturated rings. The fraction of sp³-hybridized carbons (Fsp3) is 0.125. The Balaban J connectivity index is 2.75. The van der Waals surface area contributed by atoms with E-state index in [2.05, 4.69) is 21.2 Å². The molecule has 12 heavy (non-hydrogen) atoms. The van der Waals surface area contributed by atoms with Gasteiger partial charge < -0.3 is 5.32 Å². The number of halogens is 2. The Morgan fingerprint density at radius 3 is 2.50 bits per heavy atom. The van der Waals surface area contributed by atoms with E-state index in [0.29, 0.717) is 5.56 Å². The van der Waals surface area contributed by atoms with E-state index in [4.69, 9.17) is 0 Å². The Kier molecular flexibility index (Phi) is 3.22. The third-order valence-corrected chi connectivity index (χ3v) is 1.86. The number of nitrogens with one attached hydrogen (secondary N) is 1. The fourth-order valence-electron chi connectivity index (χ4n) is 0.764. The van der Waals surface area contributed by atoms with Crippen molar-refractivity contribution in [2.24, 2.45) is 0 Å². The molecule has 0 unspecified atom stereocenters. The van der Waals surface area contributed by atoms with Gasteiger partial charge >= 0.3 is 0 Å². The molecule has 0 atom stereocenters. The highest BCUT2D eigenvalue weighted by atomic mass is 79.9. The number of amides is 1. The van der Waals surface area contributed by atoms with Gasteiger partial charge in [-0.25, -0.2) is 4.39 Å². The van der Waals surface area contributed by atoms with Gasteiger partial charge in [-0.3, -0.25) is 4.79 Å². The van der Waals surface area contributed by atoms with E-state index in [-0.39, 0.29) is 0 Å². The number of alkyl halides is 1. The number of hydrogen-bond acceptors (Lipinski definition) is 1. The smallest absolute Gasteiger partial charge is 0.253 e. The van der Waals surface area contributed by atoms with Crippen LogP contribution in [0.2, 0.25) is 0 Å². The standard InChI is InChI=1S/C8H7BrFNO/c9-7-3-1-6(2-4-7)8(12)11-5-10/h1-4H,5H2,(H,11,12). The minimum atomic E-state index is -0.838. The largest absolute Gasteiger partial charge is 0.325 e. The molecule has 1 aromatic carbocycles. The molecule has 0 aliphatic carbocycles. The van der Waals surface area contributed by atoms with Crippen molar-refractivity contribution in [1.29, 1.82) is 0 Å². The summed E-state index contributed by atoms with van der Waals surface area (Å²) < 4.78 is 12.6. The highest BCUT2D eigenvalue weighted by molar-refractivity contribution is 9.10.